The Morgan fingerprint density at radius 2 is 1.78 bits per heavy atom. The number of carbonyl (C=O) groups excluding carboxylic acids is 1. The van der Waals surface area contributed by atoms with E-state index in [0.29, 0.717) is 22.8 Å². The summed E-state index contributed by atoms with van der Waals surface area (Å²) in [6, 6.07) is 15.7. The second-order valence-corrected chi connectivity index (χ2v) is 5.42. The van der Waals surface area contributed by atoms with Crippen LogP contribution >= 0.6 is 0 Å². The monoisotopic (exact) mass is 309 g/mol. The van der Waals surface area contributed by atoms with Gasteiger partial charge in [0.2, 0.25) is 0 Å². The minimum atomic E-state index is -0.380. The third-order valence-corrected chi connectivity index (χ3v) is 3.52. The highest BCUT2D eigenvalue weighted by atomic mass is 19.1. The SMILES string of the molecule is Cc1cc(F)cc(NC(=O)c2cc(-c3ccccc3)oc2C)c1. The summed E-state index contributed by atoms with van der Waals surface area (Å²) in [6.07, 6.45) is 0. The number of nitrogens with one attached hydrogen (secondary N) is 1. The molecule has 0 atom stereocenters. The summed E-state index contributed by atoms with van der Waals surface area (Å²) in [4.78, 5) is 12.4. The molecule has 1 aromatic heterocycles. The molecular weight excluding hydrogens is 293 g/mol. The standard InChI is InChI=1S/C19H16FNO2/c1-12-8-15(20)10-16(9-12)21-19(22)17-11-18(23-13(17)2)14-6-4-3-5-7-14/h3-11H,1-2H3,(H,21,22). The van der Waals surface area contributed by atoms with E-state index in [1.807, 2.05) is 30.3 Å². The molecule has 3 aromatic rings. The number of carbonyl (C=O) groups is 1. The van der Waals surface area contributed by atoms with E-state index in [-0.39, 0.29) is 11.7 Å². The Bertz CT molecular complexity index is 833. The molecule has 0 radical (unpaired) electrons. The number of benzene rings is 2. The minimum Gasteiger partial charge on any atom is -0.461 e. The number of rotatable bonds is 3. The highest BCUT2D eigenvalue weighted by molar-refractivity contribution is 6.05. The second kappa shape index (κ2) is 6.08. The topological polar surface area (TPSA) is 42.2 Å². The van der Waals surface area contributed by atoms with Gasteiger partial charge in [-0.15, -0.1) is 0 Å². The van der Waals surface area contributed by atoms with E-state index >= 15 is 0 Å². The van der Waals surface area contributed by atoms with Crippen molar-refractivity contribution in [2.75, 3.05) is 5.32 Å². The first-order valence-corrected chi connectivity index (χ1v) is 7.27. The van der Waals surface area contributed by atoms with Gasteiger partial charge >= 0.3 is 0 Å². The Labute approximate surface area is 133 Å². The first-order chi connectivity index (χ1) is 11.0. The molecule has 0 fully saturated rings. The molecule has 3 nitrogen and oxygen atoms in total. The molecule has 0 spiro atoms. The minimum absolute atomic E-state index is 0.321. The summed E-state index contributed by atoms with van der Waals surface area (Å²) in [5.74, 6) is 0.450. The van der Waals surface area contributed by atoms with Crippen LogP contribution in [0.1, 0.15) is 21.7 Å². The summed E-state index contributed by atoms with van der Waals surface area (Å²) < 4.78 is 19.1. The Balaban J connectivity index is 1.87. The molecule has 0 aliphatic rings. The summed E-state index contributed by atoms with van der Waals surface area (Å²) in [5, 5.41) is 2.71. The van der Waals surface area contributed by atoms with Gasteiger partial charge in [0.25, 0.3) is 5.91 Å². The fraction of sp³-hybridized carbons (Fsp3) is 0.105. The fourth-order valence-corrected chi connectivity index (χ4v) is 2.46. The molecule has 23 heavy (non-hydrogen) atoms. The molecule has 0 aliphatic carbocycles. The van der Waals surface area contributed by atoms with Gasteiger partial charge in [-0.1, -0.05) is 30.3 Å². The van der Waals surface area contributed by atoms with Crippen molar-refractivity contribution in [1.82, 2.24) is 0 Å². The lowest BCUT2D eigenvalue weighted by Gasteiger charge is -2.05. The van der Waals surface area contributed by atoms with Crippen LogP contribution in [-0.4, -0.2) is 5.91 Å². The van der Waals surface area contributed by atoms with Crippen molar-refractivity contribution in [2.45, 2.75) is 13.8 Å². The second-order valence-electron chi connectivity index (χ2n) is 5.42. The summed E-state index contributed by atoms with van der Waals surface area (Å²) in [6.45, 7) is 3.51. The molecule has 0 saturated carbocycles. The number of hydrogen-bond acceptors (Lipinski definition) is 2. The Morgan fingerprint density at radius 1 is 1.04 bits per heavy atom. The third-order valence-electron chi connectivity index (χ3n) is 3.52. The van der Waals surface area contributed by atoms with Crippen molar-refractivity contribution in [3.05, 3.63) is 77.3 Å². The van der Waals surface area contributed by atoms with Crippen LogP contribution in [0.2, 0.25) is 0 Å². The van der Waals surface area contributed by atoms with E-state index < -0.39 is 0 Å². The summed E-state index contributed by atoms with van der Waals surface area (Å²) in [7, 11) is 0. The molecule has 4 heteroatoms. The maximum atomic E-state index is 13.4. The molecule has 1 amide bonds. The van der Waals surface area contributed by atoms with Gasteiger partial charge in [0.1, 0.15) is 17.3 Å². The van der Waals surface area contributed by atoms with Crippen molar-refractivity contribution in [3.8, 4) is 11.3 Å². The van der Waals surface area contributed by atoms with Crippen LogP contribution < -0.4 is 5.32 Å². The normalized spacial score (nSPS) is 10.6. The first-order valence-electron chi connectivity index (χ1n) is 7.27. The van der Waals surface area contributed by atoms with Crippen LogP contribution in [0.15, 0.2) is 59.0 Å². The van der Waals surface area contributed by atoms with Crippen LogP contribution in [0.5, 0.6) is 0 Å². The van der Waals surface area contributed by atoms with E-state index in [9.17, 15) is 9.18 Å². The van der Waals surface area contributed by atoms with Crippen LogP contribution in [0.3, 0.4) is 0 Å². The maximum Gasteiger partial charge on any atom is 0.259 e. The number of amides is 1. The molecule has 2 aromatic carbocycles. The zero-order valence-corrected chi connectivity index (χ0v) is 12.9. The van der Waals surface area contributed by atoms with Gasteiger partial charge in [0, 0.05) is 11.3 Å². The van der Waals surface area contributed by atoms with Crippen LogP contribution in [-0.2, 0) is 0 Å². The van der Waals surface area contributed by atoms with Gasteiger partial charge in [0.15, 0.2) is 0 Å². The zero-order chi connectivity index (χ0) is 16.4. The molecule has 116 valence electrons. The fourth-order valence-electron chi connectivity index (χ4n) is 2.46. The first kappa shape index (κ1) is 15.0. The number of anilines is 1. The van der Waals surface area contributed by atoms with Gasteiger partial charge < -0.3 is 9.73 Å². The van der Waals surface area contributed by atoms with Crippen molar-refractivity contribution in [1.29, 1.82) is 0 Å². The maximum absolute atomic E-state index is 13.4. The number of furan rings is 1. The average molecular weight is 309 g/mol. The lowest BCUT2D eigenvalue weighted by molar-refractivity contribution is 0.102. The third kappa shape index (κ3) is 3.31. The molecule has 1 N–H and O–H groups in total. The quantitative estimate of drug-likeness (QED) is 0.743. The van der Waals surface area contributed by atoms with Crippen LogP contribution in [0, 0.1) is 19.7 Å². The van der Waals surface area contributed by atoms with Crippen molar-refractivity contribution in [3.63, 3.8) is 0 Å². The predicted octanol–water partition coefficient (Wildman–Crippen LogP) is 4.95. The van der Waals surface area contributed by atoms with E-state index in [1.54, 1.807) is 26.0 Å². The molecule has 3 rings (SSSR count). The lowest BCUT2D eigenvalue weighted by atomic mass is 10.1. The smallest absolute Gasteiger partial charge is 0.259 e. The zero-order valence-electron chi connectivity index (χ0n) is 12.9. The highest BCUT2D eigenvalue weighted by Gasteiger charge is 2.16. The van der Waals surface area contributed by atoms with Gasteiger partial charge in [-0.05, 0) is 43.7 Å². The molecule has 0 bridgehead atoms. The molecule has 0 saturated heterocycles. The van der Waals surface area contributed by atoms with Gasteiger partial charge in [-0.2, -0.15) is 0 Å². The number of aryl methyl sites for hydroxylation is 2. The number of halogens is 1. The summed E-state index contributed by atoms with van der Waals surface area (Å²) in [5.41, 5.74) is 2.51. The van der Waals surface area contributed by atoms with Crippen molar-refractivity contribution in [2.24, 2.45) is 0 Å². The molecular formula is C19H16FNO2. The van der Waals surface area contributed by atoms with Crippen molar-refractivity contribution >= 4 is 11.6 Å². The largest absolute Gasteiger partial charge is 0.461 e. The van der Waals surface area contributed by atoms with Gasteiger partial charge in [0.05, 0.1) is 5.56 Å². The van der Waals surface area contributed by atoms with E-state index in [4.69, 9.17) is 4.42 Å². The van der Waals surface area contributed by atoms with E-state index in [0.717, 1.165) is 11.1 Å². The van der Waals surface area contributed by atoms with Gasteiger partial charge in [-0.25, -0.2) is 4.39 Å². The molecule has 0 aliphatic heterocycles. The average Bonchev–Trinajstić information content (AvgIpc) is 2.89. The lowest BCUT2D eigenvalue weighted by Crippen LogP contribution is -2.12. The van der Waals surface area contributed by atoms with Crippen molar-refractivity contribution < 1.29 is 13.6 Å². The van der Waals surface area contributed by atoms with Crippen LogP contribution in [0.25, 0.3) is 11.3 Å². The van der Waals surface area contributed by atoms with E-state index in [1.165, 1.54) is 12.1 Å². The highest BCUT2D eigenvalue weighted by Crippen LogP contribution is 2.26. The predicted molar refractivity (Wildman–Crippen MR) is 88.0 cm³/mol. The molecule has 0 unspecified atom stereocenters. The van der Waals surface area contributed by atoms with Crippen LogP contribution in [0.4, 0.5) is 10.1 Å². The Hall–Kier alpha value is -2.88. The molecule has 1 heterocycles. The van der Waals surface area contributed by atoms with Gasteiger partial charge in [-0.3, -0.25) is 4.79 Å². The van der Waals surface area contributed by atoms with E-state index in [2.05, 4.69) is 5.32 Å². The summed E-state index contributed by atoms with van der Waals surface area (Å²) >= 11 is 0. The Morgan fingerprint density at radius 3 is 2.48 bits per heavy atom. The Kier molecular flexibility index (Phi) is 3.98. The number of hydrogen-bond donors (Lipinski definition) is 1.